The molecular formula is C37H29N6+. The Bertz CT molecular complexity index is 2420. The molecule has 0 saturated carbocycles. The van der Waals surface area contributed by atoms with Crippen molar-refractivity contribution in [3.8, 4) is 23.1 Å². The van der Waals surface area contributed by atoms with E-state index in [-0.39, 0.29) is 0 Å². The minimum absolute atomic E-state index is 0.650. The molecule has 6 heteroatoms. The fourth-order valence-corrected chi connectivity index (χ4v) is 6.79. The molecule has 4 aromatic heterocycles. The summed E-state index contributed by atoms with van der Waals surface area (Å²) in [5.41, 5.74) is 9.77. The van der Waals surface area contributed by atoms with Gasteiger partial charge in [0.05, 0.1) is 29.3 Å². The van der Waals surface area contributed by atoms with Crippen LogP contribution in [-0.4, -0.2) is 18.7 Å². The highest BCUT2D eigenvalue weighted by Crippen LogP contribution is 2.40. The fraction of sp³-hybridized carbons (Fsp3) is 0.108. The van der Waals surface area contributed by atoms with Crippen molar-refractivity contribution in [1.29, 1.82) is 5.26 Å². The van der Waals surface area contributed by atoms with Crippen LogP contribution in [0.25, 0.3) is 60.9 Å². The minimum atomic E-state index is 0.650. The lowest BCUT2D eigenvalue weighted by Gasteiger charge is -2.11. The van der Waals surface area contributed by atoms with Crippen LogP contribution in [0.4, 0.5) is 0 Å². The quantitative estimate of drug-likeness (QED) is 0.209. The third kappa shape index (κ3) is 3.39. The molecule has 0 atom stereocenters. The number of aromatic nitrogens is 5. The Morgan fingerprint density at radius 3 is 1.70 bits per heavy atom. The number of nitrogens with zero attached hydrogens (tertiary/aromatic N) is 6. The lowest BCUT2D eigenvalue weighted by molar-refractivity contribution is -0.683. The average Bonchev–Trinajstić information content (AvgIpc) is 3.62. The molecule has 0 spiro atoms. The molecule has 0 N–H and O–H groups in total. The van der Waals surface area contributed by atoms with Crippen LogP contribution in [0.5, 0.6) is 0 Å². The zero-order valence-electron chi connectivity index (χ0n) is 24.5. The molecule has 8 rings (SSSR count). The number of rotatable bonds is 3. The number of para-hydroxylation sites is 3. The van der Waals surface area contributed by atoms with Gasteiger partial charge < -0.3 is 0 Å². The van der Waals surface area contributed by atoms with Crippen LogP contribution in [0.3, 0.4) is 0 Å². The molecule has 0 bridgehead atoms. The van der Waals surface area contributed by atoms with Crippen molar-refractivity contribution >= 4 is 43.9 Å². The van der Waals surface area contributed by atoms with Crippen molar-refractivity contribution in [1.82, 2.24) is 18.7 Å². The third-order valence-electron chi connectivity index (χ3n) is 9.05. The number of pyridine rings is 1. The molecule has 43 heavy (non-hydrogen) atoms. The van der Waals surface area contributed by atoms with Crippen molar-refractivity contribution in [2.45, 2.75) is 20.8 Å². The number of hydrogen-bond donors (Lipinski definition) is 0. The third-order valence-corrected chi connectivity index (χ3v) is 9.05. The van der Waals surface area contributed by atoms with Crippen LogP contribution >= 0.6 is 0 Å². The SMILES string of the molecule is Cc1c(C)[n+](C)c(C)n1-c1cccc(-n2c3ccccc3c3c(C#N)c4c5ccccc5n(-c5ccccc5)c4nc32)c1. The Labute approximate surface area is 248 Å². The summed E-state index contributed by atoms with van der Waals surface area (Å²) in [6.45, 7) is 6.46. The number of nitriles is 1. The summed E-state index contributed by atoms with van der Waals surface area (Å²) in [6, 6.07) is 38.1. The second-order valence-electron chi connectivity index (χ2n) is 11.2. The van der Waals surface area contributed by atoms with Crippen molar-refractivity contribution < 1.29 is 4.57 Å². The Hall–Kier alpha value is -5.67. The summed E-state index contributed by atoms with van der Waals surface area (Å²) in [5.74, 6) is 1.16. The molecule has 0 aliphatic heterocycles. The molecule has 0 radical (unpaired) electrons. The molecular weight excluding hydrogens is 528 g/mol. The average molecular weight is 558 g/mol. The van der Waals surface area contributed by atoms with E-state index in [0.29, 0.717) is 5.56 Å². The van der Waals surface area contributed by atoms with Crippen molar-refractivity contribution in [2.75, 3.05) is 0 Å². The summed E-state index contributed by atoms with van der Waals surface area (Å²) in [5, 5.41) is 14.6. The van der Waals surface area contributed by atoms with Crippen LogP contribution in [0.1, 0.15) is 22.8 Å². The van der Waals surface area contributed by atoms with Gasteiger partial charge in [-0.1, -0.05) is 60.7 Å². The number of imidazole rings is 1. The lowest BCUT2D eigenvalue weighted by atomic mass is 10.0. The highest BCUT2D eigenvalue weighted by atomic mass is 15.2. The Morgan fingerprint density at radius 2 is 1.14 bits per heavy atom. The van der Waals surface area contributed by atoms with Gasteiger partial charge in [0.2, 0.25) is 0 Å². The molecule has 0 unspecified atom stereocenters. The second kappa shape index (κ2) is 9.17. The first kappa shape index (κ1) is 25.1. The van der Waals surface area contributed by atoms with Crippen molar-refractivity contribution in [3.63, 3.8) is 0 Å². The predicted molar refractivity (Wildman–Crippen MR) is 172 cm³/mol. The summed E-state index contributed by atoms with van der Waals surface area (Å²) >= 11 is 0. The summed E-state index contributed by atoms with van der Waals surface area (Å²) in [6.07, 6.45) is 0. The highest BCUT2D eigenvalue weighted by Gasteiger charge is 2.25. The van der Waals surface area contributed by atoms with Gasteiger partial charge in [0.1, 0.15) is 34.4 Å². The topological polar surface area (TPSA) is 55.4 Å². The fourth-order valence-electron chi connectivity index (χ4n) is 6.79. The van der Waals surface area contributed by atoms with Gasteiger partial charge in [-0.05, 0) is 36.4 Å². The zero-order chi connectivity index (χ0) is 29.4. The van der Waals surface area contributed by atoms with Crippen LogP contribution in [0, 0.1) is 32.1 Å². The maximum Gasteiger partial charge on any atom is 0.258 e. The molecule has 8 aromatic rings. The normalized spacial score (nSPS) is 11.7. The van der Waals surface area contributed by atoms with Gasteiger partial charge in [-0.2, -0.15) is 9.83 Å². The lowest BCUT2D eigenvalue weighted by Crippen LogP contribution is -2.33. The van der Waals surface area contributed by atoms with E-state index in [9.17, 15) is 5.26 Å². The summed E-state index contributed by atoms with van der Waals surface area (Å²) in [7, 11) is 2.11. The molecule has 4 heterocycles. The maximum absolute atomic E-state index is 10.8. The van der Waals surface area contributed by atoms with Crippen LogP contribution in [0.2, 0.25) is 0 Å². The smallest absolute Gasteiger partial charge is 0.258 e. The molecule has 0 fully saturated rings. The molecule has 0 aliphatic rings. The molecule has 0 aliphatic carbocycles. The van der Waals surface area contributed by atoms with E-state index in [1.54, 1.807) is 0 Å². The Balaban J connectivity index is 1.53. The minimum Gasteiger partial charge on any atom is -0.294 e. The van der Waals surface area contributed by atoms with Crippen LogP contribution in [0.15, 0.2) is 103 Å². The predicted octanol–water partition coefficient (Wildman–Crippen LogP) is 7.69. The van der Waals surface area contributed by atoms with Gasteiger partial charge in [-0.15, -0.1) is 0 Å². The number of benzene rings is 4. The van der Waals surface area contributed by atoms with Gasteiger partial charge in [0.25, 0.3) is 5.82 Å². The van der Waals surface area contributed by atoms with E-state index in [1.165, 1.54) is 11.4 Å². The van der Waals surface area contributed by atoms with Gasteiger partial charge in [-0.3, -0.25) is 9.13 Å². The van der Waals surface area contributed by atoms with E-state index in [0.717, 1.165) is 66.8 Å². The van der Waals surface area contributed by atoms with Crippen LogP contribution < -0.4 is 4.57 Å². The number of hydrogen-bond acceptors (Lipinski definition) is 2. The van der Waals surface area contributed by atoms with Gasteiger partial charge >= 0.3 is 0 Å². The largest absolute Gasteiger partial charge is 0.294 e. The Kier molecular flexibility index (Phi) is 5.35. The number of fused-ring (bicyclic) bond motifs is 6. The van der Waals surface area contributed by atoms with Gasteiger partial charge in [-0.25, -0.2) is 9.55 Å². The van der Waals surface area contributed by atoms with E-state index in [2.05, 4.69) is 119 Å². The van der Waals surface area contributed by atoms with Gasteiger partial charge in [0.15, 0.2) is 0 Å². The molecule has 4 aromatic carbocycles. The second-order valence-corrected chi connectivity index (χ2v) is 11.2. The summed E-state index contributed by atoms with van der Waals surface area (Å²) in [4.78, 5) is 5.43. The molecule has 0 amide bonds. The first-order valence-electron chi connectivity index (χ1n) is 14.5. The van der Waals surface area contributed by atoms with E-state index in [4.69, 9.17) is 4.98 Å². The first-order chi connectivity index (χ1) is 21.0. The van der Waals surface area contributed by atoms with E-state index < -0.39 is 0 Å². The summed E-state index contributed by atoms with van der Waals surface area (Å²) < 4.78 is 8.91. The first-order valence-corrected chi connectivity index (χ1v) is 14.5. The maximum atomic E-state index is 10.8. The highest BCUT2D eigenvalue weighted by molar-refractivity contribution is 6.20. The molecule has 0 saturated heterocycles. The molecule has 6 nitrogen and oxygen atoms in total. The molecule has 206 valence electrons. The Morgan fingerprint density at radius 1 is 0.628 bits per heavy atom. The standard InChI is InChI=1S/C37H29N6/c1-23-24(2)41(25(3)40(23)4)27-15-12-16-28(21-27)43-33-20-11-9-18-30(33)35-31(22-38)34-29-17-8-10-19-32(29)42(36(34)39-37(35)43)26-13-6-5-7-14-26/h5-21H,1-4H3/q+1. The van der Waals surface area contributed by atoms with Crippen LogP contribution in [-0.2, 0) is 7.05 Å². The monoisotopic (exact) mass is 557 g/mol. The zero-order valence-corrected chi connectivity index (χ0v) is 24.5. The van der Waals surface area contributed by atoms with E-state index >= 15 is 0 Å². The van der Waals surface area contributed by atoms with E-state index in [1.807, 2.05) is 36.4 Å². The van der Waals surface area contributed by atoms with Gasteiger partial charge in [0, 0.05) is 54.1 Å². The van der Waals surface area contributed by atoms with Crippen molar-refractivity contribution in [3.05, 3.63) is 126 Å². The van der Waals surface area contributed by atoms with Crippen molar-refractivity contribution in [2.24, 2.45) is 7.05 Å².